The van der Waals surface area contributed by atoms with Crippen molar-refractivity contribution in [2.24, 2.45) is 0 Å². The van der Waals surface area contributed by atoms with Crippen LogP contribution in [0.25, 0.3) is 0 Å². The summed E-state index contributed by atoms with van der Waals surface area (Å²) < 4.78 is 0. The van der Waals surface area contributed by atoms with Crippen molar-refractivity contribution in [1.82, 2.24) is 0 Å². The van der Waals surface area contributed by atoms with Crippen molar-refractivity contribution in [3.05, 3.63) is 23.0 Å². The van der Waals surface area contributed by atoms with Gasteiger partial charge in [-0.15, -0.1) is 0 Å². The maximum Gasteiger partial charge on any atom is 0.163 e. The van der Waals surface area contributed by atoms with Gasteiger partial charge in [-0.2, -0.15) is 0 Å². The zero-order valence-corrected chi connectivity index (χ0v) is 8.97. The van der Waals surface area contributed by atoms with Gasteiger partial charge in [-0.25, -0.2) is 0 Å². The number of allylic oxidation sites excluding steroid dienone is 4. The molecule has 0 fully saturated rings. The first-order valence-electron chi connectivity index (χ1n) is 5.29. The first-order chi connectivity index (χ1) is 6.66. The zero-order valence-electron chi connectivity index (χ0n) is 8.97. The van der Waals surface area contributed by atoms with Crippen molar-refractivity contribution < 1.29 is 9.90 Å². The number of unbranched alkanes of at least 4 members (excludes halogenated alkanes) is 1. The molecule has 0 aromatic carbocycles. The van der Waals surface area contributed by atoms with Crippen LogP contribution < -0.4 is 0 Å². The van der Waals surface area contributed by atoms with Crippen LogP contribution in [-0.2, 0) is 4.79 Å². The van der Waals surface area contributed by atoms with E-state index in [0.717, 1.165) is 31.3 Å². The Balaban J connectivity index is 2.82. The molecule has 0 aromatic rings. The lowest BCUT2D eigenvalue weighted by Gasteiger charge is -2.16. The van der Waals surface area contributed by atoms with Crippen LogP contribution in [0.2, 0.25) is 0 Å². The van der Waals surface area contributed by atoms with Gasteiger partial charge in [0.1, 0.15) is 5.76 Å². The lowest BCUT2D eigenvalue weighted by atomic mass is 9.90. The Labute approximate surface area is 85.3 Å². The molecule has 0 heterocycles. The predicted molar refractivity (Wildman–Crippen MR) is 57.2 cm³/mol. The predicted octanol–water partition coefficient (Wildman–Crippen LogP) is 3.30. The van der Waals surface area contributed by atoms with Gasteiger partial charge >= 0.3 is 0 Å². The van der Waals surface area contributed by atoms with Gasteiger partial charge < -0.3 is 5.11 Å². The van der Waals surface area contributed by atoms with Crippen molar-refractivity contribution in [1.29, 1.82) is 0 Å². The van der Waals surface area contributed by atoms with Crippen LogP contribution in [0.15, 0.2) is 23.0 Å². The van der Waals surface area contributed by atoms with Crippen LogP contribution in [0.3, 0.4) is 0 Å². The highest BCUT2D eigenvalue weighted by Crippen LogP contribution is 2.27. The Morgan fingerprint density at radius 3 is 2.86 bits per heavy atom. The minimum atomic E-state index is -0.00967. The second-order valence-electron chi connectivity index (χ2n) is 3.75. The molecule has 0 saturated heterocycles. The molecule has 1 aliphatic carbocycles. The number of ketones is 1. The van der Waals surface area contributed by atoms with E-state index in [2.05, 4.69) is 13.0 Å². The average Bonchev–Trinajstić information content (AvgIpc) is 2.14. The van der Waals surface area contributed by atoms with E-state index in [4.69, 9.17) is 0 Å². The normalized spacial score (nSPS) is 16.9. The quantitative estimate of drug-likeness (QED) is 0.745. The Kier molecular flexibility index (Phi) is 3.93. The Morgan fingerprint density at radius 1 is 1.57 bits per heavy atom. The van der Waals surface area contributed by atoms with Crippen molar-refractivity contribution in [3.8, 4) is 0 Å². The van der Waals surface area contributed by atoms with Crippen LogP contribution in [0.4, 0.5) is 0 Å². The SMILES string of the molecule is CCCCC1=CCCC(O)=C1C(C)=O. The fourth-order valence-electron chi connectivity index (χ4n) is 1.82. The first-order valence-corrected chi connectivity index (χ1v) is 5.29. The van der Waals surface area contributed by atoms with E-state index in [0.29, 0.717) is 12.0 Å². The highest BCUT2D eigenvalue weighted by Gasteiger charge is 2.18. The second-order valence-corrected chi connectivity index (χ2v) is 3.75. The van der Waals surface area contributed by atoms with Gasteiger partial charge in [-0.05, 0) is 31.8 Å². The van der Waals surface area contributed by atoms with E-state index in [1.165, 1.54) is 6.92 Å². The summed E-state index contributed by atoms with van der Waals surface area (Å²) >= 11 is 0. The summed E-state index contributed by atoms with van der Waals surface area (Å²) in [5.74, 6) is 0.274. The Bertz CT molecular complexity index is 285. The highest BCUT2D eigenvalue weighted by molar-refractivity contribution is 5.98. The lowest BCUT2D eigenvalue weighted by Crippen LogP contribution is -2.08. The number of carbonyl (C=O) groups is 1. The zero-order chi connectivity index (χ0) is 10.6. The van der Waals surface area contributed by atoms with Crippen molar-refractivity contribution in [2.45, 2.75) is 46.0 Å². The van der Waals surface area contributed by atoms with Crippen molar-refractivity contribution in [3.63, 3.8) is 0 Å². The maximum absolute atomic E-state index is 11.3. The molecule has 2 nitrogen and oxygen atoms in total. The molecule has 1 rings (SSSR count). The van der Waals surface area contributed by atoms with Crippen LogP contribution in [0.5, 0.6) is 0 Å². The van der Waals surface area contributed by atoms with Crippen molar-refractivity contribution in [2.75, 3.05) is 0 Å². The van der Waals surface area contributed by atoms with Crippen molar-refractivity contribution >= 4 is 5.78 Å². The molecule has 0 bridgehead atoms. The highest BCUT2D eigenvalue weighted by atomic mass is 16.3. The molecule has 0 amide bonds. The molecular formula is C12H18O2. The van der Waals surface area contributed by atoms with Gasteiger partial charge in [-0.3, -0.25) is 4.79 Å². The molecule has 0 spiro atoms. The number of aliphatic hydroxyl groups excluding tert-OH is 1. The monoisotopic (exact) mass is 194 g/mol. The van der Waals surface area contributed by atoms with Gasteiger partial charge in [0.15, 0.2) is 5.78 Å². The number of hydrogen-bond donors (Lipinski definition) is 1. The molecule has 0 aromatic heterocycles. The summed E-state index contributed by atoms with van der Waals surface area (Å²) in [5, 5.41) is 9.63. The Hall–Kier alpha value is -1.05. The van der Waals surface area contributed by atoms with Gasteiger partial charge in [0, 0.05) is 6.42 Å². The molecule has 2 heteroatoms. The van der Waals surface area contributed by atoms with Gasteiger partial charge in [0.2, 0.25) is 0 Å². The van der Waals surface area contributed by atoms with E-state index in [1.807, 2.05) is 0 Å². The first kappa shape index (κ1) is 11.0. The topological polar surface area (TPSA) is 37.3 Å². The number of Topliss-reactive ketones (excluding diaryl/α,β-unsaturated/α-hetero) is 1. The third-order valence-corrected chi connectivity index (χ3v) is 2.53. The average molecular weight is 194 g/mol. The molecule has 78 valence electrons. The van der Waals surface area contributed by atoms with Gasteiger partial charge in [0.25, 0.3) is 0 Å². The summed E-state index contributed by atoms with van der Waals surface area (Å²) in [6, 6.07) is 0. The fraction of sp³-hybridized carbons (Fsp3) is 0.583. The number of aliphatic hydroxyl groups is 1. The van der Waals surface area contributed by atoms with E-state index in [9.17, 15) is 9.90 Å². The van der Waals surface area contributed by atoms with Gasteiger partial charge in [0.05, 0.1) is 5.57 Å². The lowest BCUT2D eigenvalue weighted by molar-refractivity contribution is -0.113. The number of rotatable bonds is 4. The van der Waals surface area contributed by atoms with E-state index < -0.39 is 0 Å². The third-order valence-electron chi connectivity index (χ3n) is 2.53. The Morgan fingerprint density at radius 2 is 2.29 bits per heavy atom. The molecule has 14 heavy (non-hydrogen) atoms. The largest absolute Gasteiger partial charge is 0.512 e. The van der Waals surface area contributed by atoms with E-state index in [-0.39, 0.29) is 11.5 Å². The molecule has 0 saturated carbocycles. The van der Waals surface area contributed by atoms with Gasteiger partial charge in [-0.1, -0.05) is 19.4 Å². The van der Waals surface area contributed by atoms with Crippen LogP contribution in [0.1, 0.15) is 46.0 Å². The van der Waals surface area contributed by atoms with Crippen LogP contribution >= 0.6 is 0 Å². The smallest absolute Gasteiger partial charge is 0.163 e. The number of carbonyl (C=O) groups excluding carboxylic acids is 1. The van der Waals surface area contributed by atoms with Crippen LogP contribution in [0, 0.1) is 0 Å². The van der Waals surface area contributed by atoms with E-state index >= 15 is 0 Å². The third kappa shape index (κ3) is 2.47. The molecule has 1 aliphatic rings. The molecule has 0 atom stereocenters. The minimum absolute atomic E-state index is 0.00967. The maximum atomic E-state index is 11.3. The molecule has 0 aliphatic heterocycles. The second kappa shape index (κ2) is 4.99. The molecule has 0 radical (unpaired) electrons. The summed E-state index contributed by atoms with van der Waals surface area (Å²) in [5.41, 5.74) is 1.62. The molecule has 0 unspecified atom stereocenters. The summed E-state index contributed by atoms with van der Waals surface area (Å²) in [6.45, 7) is 3.65. The summed E-state index contributed by atoms with van der Waals surface area (Å²) in [6.07, 6.45) is 6.67. The van der Waals surface area contributed by atoms with E-state index in [1.54, 1.807) is 0 Å². The molecule has 1 N–H and O–H groups in total. The summed E-state index contributed by atoms with van der Waals surface area (Å²) in [4.78, 5) is 11.3. The summed E-state index contributed by atoms with van der Waals surface area (Å²) in [7, 11) is 0. The molecular weight excluding hydrogens is 176 g/mol. The fourth-order valence-corrected chi connectivity index (χ4v) is 1.82. The standard InChI is InChI=1S/C12H18O2/c1-3-4-6-10-7-5-8-11(14)12(10)9(2)13/h7,14H,3-6,8H2,1-2H3. The minimum Gasteiger partial charge on any atom is -0.512 e. The van der Waals surface area contributed by atoms with Crippen LogP contribution in [-0.4, -0.2) is 10.9 Å². The number of hydrogen-bond acceptors (Lipinski definition) is 2.